The molecule has 0 aliphatic carbocycles. The van der Waals surface area contributed by atoms with Crippen molar-refractivity contribution in [3.8, 4) is 0 Å². The summed E-state index contributed by atoms with van der Waals surface area (Å²) in [6, 6.07) is 3.28. The van der Waals surface area contributed by atoms with Crippen LogP contribution in [0.15, 0.2) is 24.5 Å². The van der Waals surface area contributed by atoms with Gasteiger partial charge in [-0.2, -0.15) is 0 Å². The van der Waals surface area contributed by atoms with E-state index in [0.29, 0.717) is 5.92 Å². The molecule has 0 saturated carbocycles. The van der Waals surface area contributed by atoms with Crippen LogP contribution < -0.4 is 5.32 Å². The number of likely N-dealkylation sites (tertiary alicyclic amines) is 1. The van der Waals surface area contributed by atoms with Crippen molar-refractivity contribution in [1.29, 1.82) is 0 Å². The molecule has 2 aromatic rings. The normalized spacial score (nSPS) is 19.0. The van der Waals surface area contributed by atoms with Gasteiger partial charge in [-0.05, 0) is 37.4 Å². The number of hydrogen-bond acceptors (Lipinski definition) is 5. The van der Waals surface area contributed by atoms with Crippen molar-refractivity contribution in [3.63, 3.8) is 0 Å². The van der Waals surface area contributed by atoms with Gasteiger partial charge in [0.2, 0.25) is 0 Å². The van der Waals surface area contributed by atoms with Gasteiger partial charge < -0.3 is 5.32 Å². The van der Waals surface area contributed by atoms with E-state index in [-0.39, 0.29) is 5.82 Å². The molecule has 4 nitrogen and oxygen atoms in total. The number of hydrogen-bond donors (Lipinski definition) is 1. The molecular weight excluding hydrogens is 287 g/mol. The highest BCUT2D eigenvalue weighted by atomic mass is 32.1. The van der Waals surface area contributed by atoms with E-state index in [1.165, 1.54) is 23.6 Å². The predicted molar refractivity (Wildman–Crippen MR) is 82.9 cm³/mol. The monoisotopic (exact) mass is 306 g/mol. The fraction of sp³-hybridized carbons (Fsp3) is 0.467. The first kappa shape index (κ1) is 14.4. The maximum atomic E-state index is 12.9. The fourth-order valence-electron chi connectivity index (χ4n) is 2.76. The largest absolute Gasteiger partial charge is 0.365 e. The molecule has 1 saturated heterocycles. The second kappa shape index (κ2) is 6.49. The van der Waals surface area contributed by atoms with E-state index in [9.17, 15) is 4.39 Å². The third-order valence-corrected chi connectivity index (χ3v) is 4.80. The molecule has 3 rings (SSSR count). The van der Waals surface area contributed by atoms with Gasteiger partial charge in [-0.25, -0.2) is 9.37 Å². The molecule has 6 heteroatoms. The van der Waals surface area contributed by atoms with Gasteiger partial charge in [-0.3, -0.25) is 9.88 Å². The quantitative estimate of drug-likeness (QED) is 0.922. The molecule has 0 amide bonds. The second-order valence-corrected chi connectivity index (χ2v) is 6.56. The van der Waals surface area contributed by atoms with E-state index in [0.717, 1.165) is 36.9 Å². The van der Waals surface area contributed by atoms with E-state index in [1.54, 1.807) is 17.4 Å². The number of thiazole rings is 1. The molecule has 1 aliphatic heterocycles. The summed E-state index contributed by atoms with van der Waals surface area (Å²) in [7, 11) is 1.89. The molecule has 1 unspecified atom stereocenters. The summed E-state index contributed by atoms with van der Waals surface area (Å²) in [6.07, 6.45) is 5.36. The summed E-state index contributed by atoms with van der Waals surface area (Å²) in [6.45, 7) is 3.15. The molecule has 2 aromatic heterocycles. The number of anilines is 1. The first-order chi connectivity index (χ1) is 10.2. The maximum Gasteiger partial charge on any atom is 0.182 e. The number of nitrogens with one attached hydrogen (secondary N) is 1. The summed E-state index contributed by atoms with van der Waals surface area (Å²) in [4.78, 5) is 12.2. The first-order valence-electron chi connectivity index (χ1n) is 7.18. The van der Waals surface area contributed by atoms with Gasteiger partial charge in [-0.1, -0.05) is 0 Å². The molecule has 1 atom stereocenters. The zero-order valence-electron chi connectivity index (χ0n) is 12.1. The van der Waals surface area contributed by atoms with Crippen LogP contribution >= 0.6 is 11.3 Å². The Kier molecular flexibility index (Phi) is 4.45. The lowest BCUT2D eigenvalue weighted by Gasteiger charge is -2.14. The number of aromatic nitrogens is 2. The molecule has 0 radical (unpaired) electrons. The Labute approximate surface area is 128 Å². The van der Waals surface area contributed by atoms with Crippen LogP contribution in [0.1, 0.15) is 17.0 Å². The number of nitrogens with zero attached hydrogens (tertiary/aromatic N) is 3. The van der Waals surface area contributed by atoms with E-state index in [4.69, 9.17) is 0 Å². The number of pyridine rings is 1. The van der Waals surface area contributed by atoms with Crippen LogP contribution in [0.4, 0.5) is 9.52 Å². The third kappa shape index (κ3) is 3.77. The van der Waals surface area contributed by atoms with E-state index < -0.39 is 0 Å². The van der Waals surface area contributed by atoms with Crippen LogP contribution in [0.2, 0.25) is 0 Å². The fourth-order valence-corrected chi connectivity index (χ4v) is 3.57. The summed E-state index contributed by atoms with van der Waals surface area (Å²) < 4.78 is 12.9. The molecule has 0 aromatic carbocycles. The third-order valence-electron chi connectivity index (χ3n) is 3.80. The van der Waals surface area contributed by atoms with Crippen molar-refractivity contribution >= 4 is 16.5 Å². The molecule has 1 aliphatic rings. The highest BCUT2D eigenvalue weighted by molar-refractivity contribution is 7.15. The number of rotatable bonds is 5. The second-order valence-electron chi connectivity index (χ2n) is 5.44. The molecule has 1 N–H and O–H groups in total. The Morgan fingerprint density at radius 3 is 3.00 bits per heavy atom. The summed E-state index contributed by atoms with van der Waals surface area (Å²) in [5.41, 5.74) is 0.985. The minimum Gasteiger partial charge on any atom is -0.365 e. The zero-order valence-corrected chi connectivity index (χ0v) is 12.9. The highest BCUT2D eigenvalue weighted by Crippen LogP contribution is 2.25. The van der Waals surface area contributed by atoms with Gasteiger partial charge in [-0.15, -0.1) is 11.3 Å². The molecule has 3 heterocycles. The van der Waals surface area contributed by atoms with Crippen LogP contribution in [-0.4, -0.2) is 35.0 Å². The predicted octanol–water partition coefficient (Wildman–Crippen LogP) is 2.78. The lowest BCUT2D eigenvalue weighted by atomic mass is 10.0. The standard InChI is InChI=1S/C15H19FN4S/c1-17-15-19-8-14(21-15)10-20-5-4-11(9-20)6-13-3-2-12(16)7-18-13/h2-3,7-8,11H,4-6,9-10H2,1H3,(H,17,19). The lowest BCUT2D eigenvalue weighted by molar-refractivity contribution is 0.318. The Morgan fingerprint density at radius 1 is 1.38 bits per heavy atom. The van der Waals surface area contributed by atoms with Crippen LogP contribution in [0, 0.1) is 11.7 Å². The maximum absolute atomic E-state index is 12.9. The Hall–Kier alpha value is -1.53. The van der Waals surface area contributed by atoms with Gasteiger partial charge in [0.1, 0.15) is 5.82 Å². The molecular formula is C15H19FN4S. The van der Waals surface area contributed by atoms with Crippen molar-refractivity contribution in [1.82, 2.24) is 14.9 Å². The van der Waals surface area contributed by atoms with Gasteiger partial charge >= 0.3 is 0 Å². The molecule has 112 valence electrons. The van der Waals surface area contributed by atoms with Crippen LogP contribution in [0.25, 0.3) is 0 Å². The van der Waals surface area contributed by atoms with Crippen molar-refractivity contribution in [2.45, 2.75) is 19.4 Å². The molecule has 0 spiro atoms. The summed E-state index contributed by atoms with van der Waals surface area (Å²) >= 11 is 1.71. The van der Waals surface area contributed by atoms with Gasteiger partial charge in [0.05, 0.1) is 6.20 Å². The Balaban J connectivity index is 1.52. The van der Waals surface area contributed by atoms with Gasteiger partial charge in [0, 0.05) is 36.9 Å². The molecule has 1 fully saturated rings. The van der Waals surface area contributed by atoms with Crippen molar-refractivity contribution in [2.75, 3.05) is 25.5 Å². The smallest absolute Gasteiger partial charge is 0.182 e. The average molecular weight is 306 g/mol. The van der Waals surface area contributed by atoms with E-state index in [1.807, 2.05) is 13.2 Å². The highest BCUT2D eigenvalue weighted by Gasteiger charge is 2.23. The summed E-state index contributed by atoms with van der Waals surface area (Å²) in [5.74, 6) is 0.344. The number of halogens is 1. The SMILES string of the molecule is CNc1ncc(CN2CCC(Cc3ccc(F)cn3)C2)s1. The molecule has 0 bridgehead atoms. The van der Waals surface area contributed by atoms with E-state index in [2.05, 4.69) is 20.2 Å². The average Bonchev–Trinajstić information content (AvgIpc) is 3.11. The minimum atomic E-state index is -0.266. The van der Waals surface area contributed by atoms with Crippen LogP contribution in [-0.2, 0) is 13.0 Å². The zero-order chi connectivity index (χ0) is 14.7. The summed E-state index contributed by atoms with van der Waals surface area (Å²) in [5, 5.41) is 4.04. The van der Waals surface area contributed by atoms with Crippen molar-refractivity contribution in [2.24, 2.45) is 5.92 Å². The lowest BCUT2D eigenvalue weighted by Crippen LogP contribution is -2.20. The topological polar surface area (TPSA) is 41.1 Å². The minimum absolute atomic E-state index is 0.266. The van der Waals surface area contributed by atoms with Crippen molar-refractivity contribution in [3.05, 3.63) is 40.9 Å². The van der Waals surface area contributed by atoms with Gasteiger partial charge in [0.15, 0.2) is 5.13 Å². The first-order valence-corrected chi connectivity index (χ1v) is 8.00. The van der Waals surface area contributed by atoms with Crippen molar-refractivity contribution < 1.29 is 4.39 Å². The van der Waals surface area contributed by atoms with Crippen LogP contribution in [0.5, 0.6) is 0 Å². The Morgan fingerprint density at radius 2 is 2.29 bits per heavy atom. The van der Waals surface area contributed by atoms with Gasteiger partial charge in [0.25, 0.3) is 0 Å². The van der Waals surface area contributed by atoms with Crippen LogP contribution in [0.3, 0.4) is 0 Å². The Bertz CT molecular complexity index is 584. The molecule has 21 heavy (non-hydrogen) atoms. The van der Waals surface area contributed by atoms with E-state index >= 15 is 0 Å².